The van der Waals surface area contributed by atoms with Gasteiger partial charge in [0.05, 0.1) is 0 Å². The van der Waals surface area contributed by atoms with E-state index in [1.807, 2.05) is 0 Å². The van der Waals surface area contributed by atoms with E-state index in [1.165, 1.54) is 77.0 Å². The van der Waals surface area contributed by atoms with Crippen molar-refractivity contribution in [3.63, 3.8) is 0 Å². The second-order valence-corrected chi connectivity index (χ2v) is 8.38. The highest BCUT2D eigenvalue weighted by molar-refractivity contribution is 5.73. The van der Waals surface area contributed by atoms with Crippen molar-refractivity contribution in [1.29, 1.82) is 0 Å². The van der Waals surface area contributed by atoms with Crippen molar-refractivity contribution in [2.24, 2.45) is 17.4 Å². The Bertz CT molecular complexity index is 334. The molecule has 162 valence electrons. The highest BCUT2D eigenvalue weighted by Gasteiger charge is 2.22. The van der Waals surface area contributed by atoms with Gasteiger partial charge in [-0.15, -0.1) is 0 Å². The normalized spacial score (nSPS) is 12.8. The molecule has 0 fully saturated rings. The molecule has 0 aliphatic rings. The van der Waals surface area contributed by atoms with Crippen LogP contribution < -0.4 is 11.5 Å². The Labute approximate surface area is 168 Å². The van der Waals surface area contributed by atoms with E-state index >= 15 is 0 Å². The van der Waals surface area contributed by atoms with E-state index in [2.05, 4.69) is 13.8 Å². The predicted molar refractivity (Wildman–Crippen MR) is 115 cm³/mol. The summed E-state index contributed by atoms with van der Waals surface area (Å²) in [5.41, 5.74) is 11.1. The third kappa shape index (κ3) is 16.0. The smallest absolute Gasteiger partial charge is 0.320 e. The average Bonchev–Trinajstić information content (AvgIpc) is 2.63. The SMILES string of the molecule is CC(C)CCCCCCCCCCCCCCCC(C(=O)O)N(CN)CN. The fraction of sp³-hybridized carbons (Fsp3) is 0.955. The number of hydrogen-bond acceptors (Lipinski definition) is 4. The van der Waals surface area contributed by atoms with Crippen molar-refractivity contribution < 1.29 is 9.90 Å². The molecule has 0 heterocycles. The van der Waals surface area contributed by atoms with Crippen molar-refractivity contribution in [3.05, 3.63) is 0 Å². The predicted octanol–water partition coefficient (Wildman–Crippen LogP) is 5.08. The molecule has 1 atom stereocenters. The molecule has 0 aromatic carbocycles. The Kier molecular flexibility index (Phi) is 18.3. The zero-order valence-corrected chi connectivity index (χ0v) is 18.1. The molecular formula is C22H47N3O2. The van der Waals surface area contributed by atoms with Crippen LogP contribution in [-0.2, 0) is 4.79 Å². The lowest BCUT2D eigenvalue weighted by Crippen LogP contribution is -2.47. The Balaban J connectivity index is 3.38. The standard InChI is InChI=1S/C22H47N3O2/c1-20(2)16-14-12-10-8-6-4-3-5-7-9-11-13-15-17-21(22(26)27)25(18-23)19-24/h20-21H,3-19,23-24H2,1-2H3,(H,26,27). The largest absolute Gasteiger partial charge is 0.480 e. The summed E-state index contributed by atoms with van der Waals surface area (Å²) < 4.78 is 0. The lowest BCUT2D eigenvalue weighted by Gasteiger charge is -2.25. The molecule has 5 N–H and O–H groups in total. The summed E-state index contributed by atoms with van der Waals surface area (Å²) in [5.74, 6) is 0.0426. The number of carboxylic acids is 1. The van der Waals surface area contributed by atoms with Crippen LogP contribution in [0.4, 0.5) is 0 Å². The minimum atomic E-state index is -0.814. The van der Waals surface area contributed by atoms with Crippen LogP contribution in [-0.4, -0.2) is 35.4 Å². The van der Waals surface area contributed by atoms with Crippen molar-refractivity contribution in [2.75, 3.05) is 13.3 Å². The third-order valence-corrected chi connectivity index (χ3v) is 5.45. The molecule has 0 radical (unpaired) electrons. The molecule has 0 aromatic rings. The van der Waals surface area contributed by atoms with E-state index < -0.39 is 12.0 Å². The van der Waals surface area contributed by atoms with Crippen LogP contribution >= 0.6 is 0 Å². The molecular weight excluding hydrogens is 338 g/mol. The highest BCUT2D eigenvalue weighted by Crippen LogP contribution is 2.15. The lowest BCUT2D eigenvalue weighted by atomic mass is 10.0. The maximum Gasteiger partial charge on any atom is 0.320 e. The van der Waals surface area contributed by atoms with Gasteiger partial charge in [0.1, 0.15) is 6.04 Å². The second kappa shape index (κ2) is 18.7. The molecule has 5 heteroatoms. The van der Waals surface area contributed by atoms with Crippen LogP contribution in [0.2, 0.25) is 0 Å². The lowest BCUT2D eigenvalue weighted by molar-refractivity contribution is -0.143. The number of aliphatic carboxylic acids is 1. The van der Waals surface area contributed by atoms with E-state index in [1.54, 1.807) is 4.90 Å². The average molecular weight is 386 g/mol. The van der Waals surface area contributed by atoms with Crippen LogP contribution in [0.1, 0.15) is 110 Å². The first-order chi connectivity index (χ1) is 13.0. The van der Waals surface area contributed by atoms with Gasteiger partial charge in [-0.1, -0.05) is 104 Å². The molecule has 0 aliphatic heterocycles. The first-order valence-electron chi connectivity index (χ1n) is 11.4. The quantitative estimate of drug-likeness (QED) is 0.201. The highest BCUT2D eigenvalue weighted by atomic mass is 16.4. The van der Waals surface area contributed by atoms with Crippen molar-refractivity contribution in [3.8, 4) is 0 Å². The molecule has 1 unspecified atom stereocenters. The first-order valence-corrected chi connectivity index (χ1v) is 11.4. The van der Waals surface area contributed by atoms with E-state index in [4.69, 9.17) is 11.5 Å². The van der Waals surface area contributed by atoms with Gasteiger partial charge >= 0.3 is 5.97 Å². The van der Waals surface area contributed by atoms with Gasteiger partial charge in [0, 0.05) is 13.3 Å². The molecule has 0 aromatic heterocycles. The third-order valence-electron chi connectivity index (χ3n) is 5.45. The molecule has 27 heavy (non-hydrogen) atoms. The summed E-state index contributed by atoms with van der Waals surface area (Å²) in [6.07, 6.45) is 19.0. The number of nitrogens with zero attached hydrogens (tertiary/aromatic N) is 1. The maximum absolute atomic E-state index is 11.3. The molecule has 0 spiro atoms. The molecule has 0 bridgehead atoms. The Morgan fingerprint density at radius 2 is 1.04 bits per heavy atom. The van der Waals surface area contributed by atoms with E-state index in [9.17, 15) is 9.90 Å². The van der Waals surface area contributed by atoms with Gasteiger partial charge in [-0.3, -0.25) is 9.69 Å². The van der Waals surface area contributed by atoms with Crippen LogP contribution in [0.15, 0.2) is 0 Å². The monoisotopic (exact) mass is 385 g/mol. The first kappa shape index (κ1) is 26.4. The fourth-order valence-corrected chi connectivity index (χ4v) is 3.63. The van der Waals surface area contributed by atoms with Crippen LogP contribution in [0, 0.1) is 5.92 Å². The van der Waals surface area contributed by atoms with Gasteiger partial charge in [0.25, 0.3) is 0 Å². The number of rotatable bonds is 20. The number of carbonyl (C=O) groups is 1. The van der Waals surface area contributed by atoms with Crippen LogP contribution in [0.5, 0.6) is 0 Å². The Morgan fingerprint density at radius 1 is 0.704 bits per heavy atom. The number of unbranched alkanes of at least 4 members (excludes halogenated alkanes) is 12. The van der Waals surface area contributed by atoms with Crippen molar-refractivity contribution in [1.82, 2.24) is 4.90 Å². The molecule has 0 aliphatic carbocycles. The fourth-order valence-electron chi connectivity index (χ4n) is 3.63. The summed E-state index contributed by atoms with van der Waals surface area (Å²) >= 11 is 0. The van der Waals surface area contributed by atoms with Gasteiger partial charge in [-0.05, 0) is 12.3 Å². The topological polar surface area (TPSA) is 92.6 Å². The second-order valence-electron chi connectivity index (χ2n) is 8.38. The van der Waals surface area contributed by atoms with Gasteiger partial charge in [-0.25, -0.2) is 0 Å². The molecule has 0 saturated carbocycles. The minimum Gasteiger partial charge on any atom is -0.480 e. The van der Waals surface area contributed by atoms with Gasteiger partial charge in [-0.2, -0.15) is 0 Å². The Hall–Kier alpha value is -0.650. The van der Waals surface area contributed by atoms with Crippen molar-refractivity contribution in [2.45, 2.75) is 116 Å². The molecule has 0 rings (SSSR count). The van der Waals surface area contributed by atoms with Crippen LogP contribution in [0.3, 0.4) is 0 Å². The molecule has 5 nitrogen and oxygen atoms in total. The van der Waals surface area contributed by atoms with Gasteiger partial charge < -0.3 is 16.6 Å². The summed E-state index contributed by atoms with van der Waals surface area (Å²) in [7, 11) is 0. The summed E-state index contributed by atoms with van der Waals surface area (Å²) in [6, 6.07) is -0.537. The summed E-state index contributed by atoms with van der Waals surface area (Å²) in [6.45, 7) is 5.02. The van der Waals surface area contributed by atoms with Crippen LogP contribution in [0.25, 0.3) is 0 Å². The van der Waals surface area contributed by atoms with Gasteiger partial charge in [0.2, 0.25) is 0 Å². The van der Waals surface area contributed by atoms with Crippen molar-refractivity contribution >= 4 is 5.97 Å². The summed E-state index contributed by atoms with van der Waals surface area (Å²) in [4.78, 5) is 12.9. The maximum atomic E-state index is 11.3. The number of nitrogens with two attached hydrogens (primary N) is 2. The Morgan fingerprint density at radius 3 is 1.33 bits per heavy atom. The minimum absolute atomic E-state index is 0.200. The summed E-state index contributed by atoms with van der Waals surface area (Å²) in [5, 5.41) is 9.28. The van der Waals surface area contributed by atoms with E-state index in [0.29, 0.717) is 6.42 Å². The molecule has 0 amide bonds. The zero-order chi connectivity index (χ0) is 20.3. The number of carboxylic acid groups (broad SMARTS) is 1. The van der Waals surface area contributed by atoms with E-state index in [0.717, 1.165) is 18.8 Å². The molecule has 0 saturated heterocycles. The van der Waals surface area contributed by atoms with Gasteiger partial charge in [0.15, 0.2) is 0 Å². The van der Waals surface area contributed by atoms with E-state index in [-0.39, 0.29) is 13.3 Å². The zero-order valence-electron chi connectivity index (χ0n) is 18.1. The number of hydrogen-bond donors (Lipinski definition) is 3.